The summed E-state index contributed by atoms with van der Waals surface area (Å²) in [6.45, 7) is 5.58. The van der Waals surface area contributed by atoms with Gasteiger partial charge in [0.15, 0.2) is 17.3 Å². The number of carbonyl (C=O) groups excluding carboxylic acids is 2. The molecule has 3 unspecified atom stereocenters. The van der Waals surface area contributed by atoms with Crippen LogP contribution < -0.4 is 14.8 Å². The van der Waals surface area contributed by atoms with E-state index in [4.69, 9.17) is 14.2 Å². The second kappa shape index (κ2) is 11.1. The molecule has 0 amide bonds. The van der Waals surface area contributed by atoms with Crippen molar-refractivity contribution in [3.63, 3.8) is 0 Å². The van der Waals surface area contributed by atoms with E-state index in [9.17, 15) is 14.0 Å². The Bertz CT molecular complexity index is 1300. The normalized spacial score (nSPS) is 20.2. The monoisotopic (exact) mass is 571 g/mol. The number of methoxy groups -OCH3 is 2. The second-order valence-corrected chi connectivity index (χ2v) is 10.3. The molecule has 37 heavy (non-hydrogen) atoms. The minimum absolute atomic E-state index is 0.0691. The van der Waals surface area contributed by atoms with Gasteiger partial charge < -0.3 is 19.5 Å². The Morgan fingerprint density at radius 2 is 1.81 bits per heavy atom. The van der Waals surface area contributed by atoms with Crippen molar-refractivity contribution in [2.24, 2.45) is 0 Å². The summed E-state index contributed by atoms with van der Waals surface area (Å²) in [4.78, 5) is 27.1. The Morgan fingerprint density at radius 1 is 1.11 bits per heavy atom. The first-order valence-corrected chi connectivity index (χ1v) is 13.1. The SMILES string of the molecule is CCC(C)OC(=O)C1=C(C)NC2=C(C(=O)CC(c3ccc(OC)c(OC)c3)C2)C1c1ccc(F)c(Br)c1. The molecule has 0 bridgehead atoms. The van der Waals surface area contributed by atoms with Crippen LogP contribution >= 0.6 is 15.9 Å². The van der Waals surface area contributed by atoms with Gasteiger partial charge in [0.05, 0.1) is 30.4 Å². The fourth-order valence-corrected chi connectivity index (χ4v) is 5.40. The van der Waals surface area contributed by atoms with E-state index < -0.39 is 17.7 Å². The van der Waals surface area contributed by atoms with Crippen LogP contribution in [0.15, 0.2) is 63.4 Å². The molecule has 0 fully saturated rings. The highest BCUT2D eigenvalue weighted by Crippen LogP contribution is 2.47. The van der Waals surface area contributed by atoms with Gasteiger partial charge in [-0.05, 0) is 83.9 Å². The van der Waals surface area contributed by atoms with Crippen LogP contribution in [0, 0.1) is 5.82 Å². The molecule has 0 saturated carbocycles. The topological polar surface area (TPSA) is 73.9 Å². The standard InChI is InChI=1S/C29H31BrFNO5/c1-6-15(2)37-29(34)26-16(3)32-22-12-19(17-8-10-24(35-4)25(14-17)36-5)13-23(33)28(22)27(26)18-7-9-21(31)20(30)11-18/h7-11,14-15,19,27,32H,6,12-13H2,1-5H3. The first kappa shape index (κ1) is 26.9. The minimum atomic E-state index is -0.663. The maximum Gasteiger partial charge on any atom is 0.337 e. The molecule has 0 aromatic heterocycles. The molecule has 1 aliphatic carbocycles. The Balaban J connectivity index is 1.78. The molecule has 1 N–H and O–H groups in total. The number of nitrogens with one attached hydrogen (secondary N) is 1. The summed E-state index contributed by atoms with van der Waals surface area (Å²) in [6.07, 6.45) is 1.22. The number of Topliss-reactive ketones (excluding diaryl/α,β-unsaturated/α-hetero) is 1. The fraction of sp³-hybridized carbons (Fsp3) is 0.379. The molecule has 2 aromatic carbocycles. The molecule has 4 rings (SSSR count). The zero-order valence-electron chi connectivity index (χ0n) is 21.6. The summed E-state index contributed by atoms with van der Waals surface area (Å²) in [6, 6.07) is 10.3. The summed E-state index contributed by atoms with van der Waals surface area (Å²) < 4.78 is 30.9. The first-order valence-electron chi connectivity index (χ1n) is 12.3. The third-order valence-electron chi connectivity index (χ3n) is 7.09. The summed E-state index contributed by atoms with van der Waals surface area (Å²) in [5.41, 5.74) is 3.89. The molecule has 2 aliphatic rings. The summed E-state index contributed by atoms with van der Waals surface area (Å²) in [5, 5.41) is 3.34. The van der Waals surface area contributed by atoms with E-state index >= 15 is 0 Å². The number of carbonyl (C=O) groups is 2. The largest absolute Gasteiger partial charge is 0.493 e. The number of esters is 1. The van der Waals surface area contributed by atoms with Crippen molar-refractivity contribution in [2.75, 3.05) is 14.2 Å². The number of halogens is 2. The molecular weight excluding hydrogens is 541 g/mol. The van der Waals surface area contributed by atoms with E-state index in [0.717, 1.165) is 11.3 Å². The molecular formula is C29H31BrFNO5. The van der Waals surface area contributed by atoms with Crippen LogP contribution in [0.2, 0.25) is 0 Å². The quantitative estimate of drug-likeness (QED) is 0.392. The van der Waals surface area contributed by atoms with Crippen LogP contribution in [0.1, 0.15) is 63.0 Å². The third-order valence-corrected chi connectivity index (χ3v) is 7.69. The average Bonchev–Trinajstić information content (AvgIpc) is 2.88. The minimum Gasteiger partial charge on any atom is -0.493 e. The van der Waals surface area contributed by atoms with Crippen LogP contribution in [0.4, 0.5) is 4.39 Å². The molecule has 0 radical (unpaired) electrons. The van der Waals surface area contributed by atoms with Gasteiger partial charge in [0.2, 0.25) is 0 Å². The van der Waals surface area contributed by atoms with E-state index in [0.29, 0.717) is 46.7 Å². The van der Waals surface area contributed by atoms with Gasteiger partial charge in [-0.1, -0.05) is 19.1 Å². The highest BCUT2D eigenvalue weighted by Gasteiger charge is 2.42. The highest BCUT2D eigenvalue weighted by molar-refractivity contribution is 9.10. The number of hydrogen-bond donors (Lipinski definition) is 1. The third kappa shape index (κ3) is 5.30. The van der Waals surface area contributed by atoms with Crippen molar-refractivity contribution in [3.05, 3.63) is 80.4 Å². The van der Waals surface area contributed by atoms with Gasteiger partial charge in [-0.3, -0.25) is 4.79 Å². The predicted molar refractivity (Wildman–Crippen MR) is 142 cm³/mol. The van der Waals surface area contributed by atoms with Crippen LogP contribution in [0.3, 0.4) is 0 Å². The lowest BCUT2D eigenvalue weighted by atomic mass is 9.71. The first-order chi connectivity index (χ1) is 17.7. The van der Waals surface area contributed by atoms with E-state index in [-0.39, 0.29) is 28.7 Å². The number of ketones is 1. The Labute approximate surface area is 225 Å². The van der Waals surface area contributed by atoms with Crippen LogP contribution in [0.5, 0.6) is 11.5 Å². The molecule has 3 atom stereocenters. The van der Waals surface area contributed by atoms with E-state index in [1.54, 1.807) is 26.4 Å². The fourth-order valence-electron chi connectivity index (χ4n) is 5.01. The molecule has 0 saturated heterocycles. The van der Waals surface area contributed by atoms with E-state index in [1.807, 2.05) is 39.0 Å². The van der Waals surface area contributed by atoms with Gasteiger partial charge in [0.1, 0.15) is 5.82 Å². The number of dihydropyridines is 1. The summed E-state index contributed by atoms with van der Waals surface area (Å²) in [5.74, 6) is -0.492. The van der Waals surface area contributed by atoms with Crippen molar-refractivity contribution in [3.8, 4) is 11.5 Å². The number of hydrogen-bond acceptors (Lipinski definition) is 6. The molecule has 0 spiro atoms. The summed E-state index contributed by atoms with van der Waals surface area (Å²) in [7, 11) is 3.16. The molecule has 196 valence electrons. The zero-order chi connectivity index (χ0) is 26.9. The molecule has 1 aliphatic heterocycles. The van der Waals surface area contributed by atoms with Crippen molar-refractivity contribution >= 4 is 27.7 Å². The number of benzene rings is 2. The highest BCUT2D eigenvalue weighted by atomic mass is 79.9. The predicted octanol–water partition coefficient (Wildman–Crippen LogP) is 6.31. The van der Waals surface area contributed by atoms with Crippen molar-refractivity contribution in [1.29, 1.82) is 0 Å². The lowest BCUT2D eigenvalue weighted by Crippen LogP contribution is -2.36. The van der Waals surface area contributed by atoms with Gasteiger partial charge >= 0.3 is 5.97 Å². The van der Waals surface area contributed by atoms with Crippen LogP contribution in [-0.4, -0.2) is 32.1 Å². The maximum atomic E-state index is 14.1. The lowest BCUT2D eigenvalue weighted by Gasteiger charge is -2.37. The smallest absolute Gasteiger partial charge is 0.337 e. The average molecular weight is 572 g/mol. The Kier molecular flexibility index (Phi) is 8.07. The van der Waals surface area contributed by atoms with Gasteiger partial charge in [-0.2, -0.15) is 0 Å². The van der Waals surface area contributed by atoms with Crippen molar-refractivity contribution in [1.82, 2.24) is 5.32 Å². The Morgan fingerprint density at radius 3 is 2.46 bits per heavy atom. The molecule has 8 heteroatoms. The van der Waals surface area contributed by atoms with Crippen LogP contribution in [-0.2, 0) is 14.3 Å². The van der Waals surface area contributed by atoms with Gasteiger partial charge in [0.25, 0.3) is 0 Å². The molecule has 2 aromatic rings. The summed E-state index contributed by atoms with van der Waals surface area (Å²) >= 11 is 3.26. The molecule has 6 nitrogen and oxygen atoms in total. The van der Waals surface area contributed by atoms with Gasteiger partial charge in [-0.25, -0.2) is 9.18 Å². The van der Waals surface area contributed by atoms with Crippen molar-refractivity contribution in [2.45, 2.75) is 58.0 Å². The maximum absolute atomic E-state index is 14.1. The molecule has 1 heterocycles. The van der Waals surface area contributed by atoms with Crippen molar-refractivity contribution < 1.29 is 28.2 Å². The lowest BCUT2D eigenvalue weighted by molar-refractivity contribution is -0.144. The second-order valence-electron chi connectivity index (χ2n) is 9.43. The Hall–Kier alpha value is -3.13. The van der Waals surface area contributed by atoms with E-state index in [2.05, 4.69) is 21.2 Å². The number of allylic oxidation sites excluding steroid dienone is 3. The van der Waals surface area contributed by atoms with Gasteiger partial charge in [0, 0.05) is 29.3 Å². The number of ether oxygens (including phenoxy) is 3. The zero-order valence-corrected chi connectivity index (χ0v) is 23.2. The number of rotatable bonds is 7. The van der Waals surface area contributed by atoms with Gasteiger partial charge in [-0.15, -0.1) is 0 Å². The van der Waals surface area contributed by atoms with E-state index in [1.165, 1.54) is 6.07 Å². The van der Waals surface area contributed by atoms with Crippen LogP contribution in [0.25, 0.3) is 0 Å².